The summed E-state index contributed by atoms with van der Waals surface area (Å²) >= 11 is 0. The summed E-state index contributed by atoms with van der Waals surface area (Å²) < 4.78 is 13.8. The fourth-order valence-electron chi connectivity index (χ4n) is 2.68. The van der Waals surface area contributed by atoms with Crippen molar-refractivity contribution in [2.24, 2.45) is 4.99 Å². The number of benzene rings is 1. The zero-order valence-electron chi connectivity index (χ0n) is 15.6. The van der Waals surface area contributed by atoms with Gasteiger partial charge in [0, 0.05) is 18.6 Å². The molecule has 5 heteroatoms. The van der Waals surface area contributed by atoms with Gasteiger partial charge in [0.05, 0.1) is 12.6 Å². The normalized spacial score (nSPS) is 17.7. The van der Waals surface area contributed by atoms with Gasteiger partial charge in [0.15, 0.2) is 5.96 Å². The lowest BCUT2D eigenvalue weighted by Gasteiger charge is -2.24. The molecule has 1 aromatic rings. The Bertz CT molecular complexity index is 568. The van der Waals surface area contributed by atoms with Gasteiger partial charge in [-0.2, -0.15) is 0 Å². The van der Waals surface area contributed by atoms with Crippen molar-refractivity contribution in [1.29, 1.82) is 0 Å². The summed E-state index contributed by atoms with van der Waals surface area (Å²) in [6.07, 6.45) is 2.61. The van der Waals surface area contributed by atoms with Crippen LogP contribution in [0.5, 0.6) is 0 Å². The van der Waals surface area contributed by atoms with E-state index in [1.54, 1.807) is 13.0 Å². The van der Waals surface area contributed by atoms with Crippen LogP contribution in [0.25, 0.3) is 0 Å². The number of nitrogens with zero attached hydrogens (tertiary/aromatic N) is 2. The maximum absolute atomic E-state index is 13.8. The van der Waals surface area contributed by atoms with Crippen molar-refractivity contribution >= 4 is 5.96 Å². The molecule has 1 fully saturated rings. The molecule has 2 atom stereocenters. The smallest absolute Gasteiger partial charge is 0.191 e. The van der Waals surface area contributed by atoms with Gasteiger partial charge in [-0.1, -0.05) is 12.1 Å². The van der Waals surface area contributed by atoms with Crippen molar-refractivity contribution in [2.75, 3.05) is 20.1 Å². The monoisotopic (exact) mass is 334 g/mol. The van der Waals surface area contributed by atoms with Crippen LogP contribution in [0.1, 0.15) is 50.8 Å². The van der Waals surface area contributed by atoms with E-state index >= 15 is 0 Å². The molecule has 2 rings (SSSR count). The number of hydrogen-bond donors (Lipinski definition) is 2. The number of guanidine groups is 1. The van der Waals surface area contributed by atoms with E-state index in [2.05, 4.69) is 29.5 Å². The molecule has 4 nitrogen and oxygen atoms in total. The standard InChI is InChI=1S/C19H31FN4/c1-6-21-19(22-12-14(3)24(5)17-9-10-17)23-15(4)16-8-7-13(2)18(20)11-16/h7-8,11,14-15,17H,6,9-10,12H2,1-5H3,(H2,21,22,23). The summed E-state index contributed by atoms with van der Waals surface area (Å²) in [7, 11) is 2.18. The molecule has 0 aliphatic heterocycles. The zero-order chi connectivity index (χ0) is 17.7. The number of aliphatic imine (C=N–C) groups is 1. The van der Waals surface area contributed by atoms with Crippen LogP contribution >= 0.6 is 0 Å². The highest BCUT2D eigenvalue weighted by molar-refractivity contribution is 5.80. The van der Waals surface area contributed by atoms with Gasteiger partial charge in [-0.15, -0.1) is 0 Å². The van der Waals surface area contributed by atoms with Crippen LogP contribution in [0.4, 0.5) is 4.39 Å². The number of rotatable bonds is 7. The van der Waals surface area contributed by atoms with E-state index in [1.165, 1.54) is 12.8 Å². The quantitative estimate of drug-likeness (QED) is 0.594. The summed E-state index contributed by atoms with van der Waals surface area (Å²) in [5.41, 5.74) is 1.59. The predicted octanol–water partition coefficient (Wildman–Crippen LogP) is 3.23. The molecule has 0 aromatic heterocycles. The first kappa shape index (κ1) is 18.7. The molecular formula is C19H31FN4. The van der Waals surface area contributed by atoms with E-state index in [1.807, 2.05) is 26.0 Å². The predicted molar refractivity (Wildman–Crippen MR) is 98.9 cm³/mol. The highest BCUT2D eigenvalue weighted by atomic mass is 19.1. The van der Waals surface area contributed by atoms with E-state index in [0.29, 0.717) is 11.6 Å². The first-order valence-electron chi connectivity index (χ1n) is 8.95. The molecule has 0 saturated heterocycles. The first-order valence-corrected chi connectivity index (χ1v) is 8.95. The zero-order valence-corrected chi connectivity index (χ0v) is 15.6. The molecule has 0 amide bonds. The van der Waals surface area contributed by atoms with Gasteiger partial charge in [-0.3, -0.25) is 9.89 Å². The summed E-state index contributed by atoms with van der Waals surface area (Å²) in [5.74, 6) is 0.616. The number of likely N-dealkylation sites (N-methyl/N-ethyl adjacent to an activating group) is 1. The van der Waals surface area contributed by atoms with E-state index in [-0.39, 0.29) is 11.9 Å². The lowest BCUT2D eigenvalue weighted by molar-refractivity contribution is 0.253. The first-order chi connectivity index (χ1) is 11.4. The second-order valence-electron chi connectivity index (χ2n) is 6.84. The van der Waals surface area contributed by atoms with Crippen LogP contribution in [0.15, 0.2) is 23.2 Å². The topological polar surface area (TPSA) is 39.7 Å². The van der Waals surface area contributed by atoms with E-state index in [4.69, 9.17) is 4.99 Å². The van der Waals surface area contributed by atoms with Gasteiger partial charge >= 0.3 is 0 Å². The molecule has 1 aromatic carbocycles. The molecule has 1 saturated carbocycles. The Labute approximate surface area is 145 Å². The Hall–Kier alpha value is -1.62. The molecule has 2 N–H and O–H groups in total. The number of halogens is 1. The second kappa shape index (κ2) is 8.47. The minimum absolute atomic E-state index is 0.00521. The van der Waals surface area contributed by atoms with Crippen molar-refractivity contribution in [3.05, 3.63) is 35.1 Å². The largest absolute Gasteiger partial charge is 0.357 e. The molecule has 24 heavy (non-hydrogen) atoms. The van der Waals surface area contributed by atoms with E-state index in [9.17, 15) is 4.39 Å². The molecule has 1 aliphatic carbocycles. The lowest BCUT2D eigenvalue weighted by Crippen LogP contribution is -2.40. The third-order valence-corrected chi connectivity index (χ3v) is 4.73. The Balaban J connectivity index is 1.97. The molecule has 0 bridgehead atoms. The van der Waals surface area contributed by atoms with Crippen LogP contribution in [0, 0.1) is 12.7 Å². The molecular weight excluding hydrogens is 303 g/mol. The van der Waals surface area contributed by atoms with Crippen molar-refractivity contribution in [3.63, 3.8) is 0 Å². The maximum Gasteiger partial charge on any atom is 0.191 e. The second-order valence-corrected chi connectivity index (χ2v) is 6.84. The Morgan fingerprint density at radius 1 is 1.38 bits per heavy atom. The number of nitrogens with one attached hydrogen (secondary N) is 2. The van der Waals surface area contributed by atoms with Gasteiger partial charge in [0.2, 0.25) is 0 Å². The average molecular weight is 334 g/mol. The lowest BCUT2D eigenvalue weighted by atomic mass is 10.1. The Morgan fingerprint density at radius 3 is 2.67 bits per heavy atom. The highest BCUT2D eigenvalue weighted by Crippen LogP contribution is 2.26. The van der Waals surface area contributed by atoms with Gasteiger partial charge in [-0.25, -0.2) is 4.39 Å². The van der Waals surface area contributed by atoms with Crippen molar-refractivity contribution < 1.29 is 4.39 Å². The third kappa shape index (κ3) is 5.20. The van der Waals surface area contributed by atoms with Crippen LogP contribution in [0.3, 0.4) is 0 Å². The van der Waals surface area contributed by atoms with Crippen molar-refractivity contribution in [2.45, 2.75) is 58.7 Å². The Morgan fingerprint density at radius 2 is 2.08 bits per heavy atom. The van der Waals surface area contributed by atoms with Gasteiger partial charge in [0.25, 0.3) is 0 Å². The Kier molecular flexibility index (Phi) is 6.60. The summed E-state index contributed by atoms with van der Waals surface area (Å²) in [4.78, 5) is 7.12. The van der Waals surface area contributed by atoms with Crippen LogP contribution in [-0.4, -0.2) is 43.1 Å². The van der Waals surface area contributed by atoms with Gasteiger partial charge in [0.1, 0.15) is 5.82 Å². The van der Waals surface area contributed by atoms with E-state index in [0.717, 1.165) is 30.7 Å². The molecule has 0 spiro atoms. The third-order valence-electron chi connectivity index (χ3n) is 4.73. The van der Waals surface area contributed by atoms with Crippen molar-refractivity contribution in [3.8, 4) is 0 Å². The molecule has 0 radical (unpaired) electrons. The van der Waals surface area contributed by atoms with Crippen molar-refractivity contribution in [1.82, 2.24) is 15.5 Å². The van der Waals surface area contributed by atoms with Gasteiger partial charge < -0.3 is 10.6 Å². The van der Waals surface area contributed by atoms with Crippen LogP contribution < -0.4 is 10.6 Å². The minimum Gasteiger partial charge on any atom is -0.357 e. The summed E-state index contributed by atoms with van der Waals surface area (Å²) in [6.45, 7) is 9.61. The SMILES string of the molecule is CCNC(=NCC(C)N(C)C1CC1)NC(C)c1ccc(C)c(F)c1. The van der Waals surface area contributed by atoms with Gasteiger partial charge in [-0.05, 0) is 64.8 Å². The average Bonchev–Trinajstić information content (AvgIpc) is 3.39. The minimum atomic E-state index is -0.164. The molecule has 2 unspecified atom stereocenters. The fourth-order valence-corrected chi connectivity index (χ4v) is 2.68. The summed E-state index contributed by atoms with van der Waals surface area (Å²) in [6, 6.07) is 6.53. The number of aryl methyl sites for hydroxylation is 1. The number of hydrogen-bond acceptors (Lipinski definition) is 2. The fraction of sp³-hybridized carbons (Fsp3) is 0.632. The van der Waals surface area contributed by atoms with Crippen LogP contribution in [-0.2, 0) is 0 Å². The van der Waals surface area contributed by atoms with E-state index < -0.39 is 0 Å². The molecule has 1 aliphatic rings. The summed E-state index contributed by atoms with van der Waals surface area (Å²) in [5, 5.41) is 6.65. The molecule has 134 valence electrons. The molecule has 0 heterocycles. The maximum atomic E-state index is 13.8. The highest BCUT2D eigenvalue weighted by Gasteiger charge is 2.28. The van der Waals surface area contributed by atoms with Crippen LogP contribution in [0.2, 0.25) is 0 Å².